The number of rotatable bonds is 14. The van der Waals surface area contributed by atoms with Crippen molar-refractivity contribution in [2.75, 3.05) is 38.2 Å². The van der Waals surface area contributed by atoms with Gasteiger partial charge in [-0.3, -0.25) is 0 Å². The Kier molecular flexibility index (Phi) is 19.5. The summed E-state index contributed by atoms with van der Waals surface area (Å²) in [6.07, 6.45) is 1.98. The van der Waals surface area contributed by atoms with Gasteiger partial charge in [-0.2, -0.15) is 0 Å². The molecule has 0 fully saturated rings. The molecule has 0 aromatic heterocycles. The summed E-state index contributed by atoms with van der Waals surface area (Å²) in [4.78, 5) is 0. The molecule has 24 heavy (non-hydrogen) atoms. The zero-order valence-corrected chi connectivity index (χ0v) is 20.0. The van der Waals surface area contributed by atoms with Gasteiger partial charge in [-0.1, -0.05) is 0 Å². The van der Waals surface area contributed by atoms with Crippen LogP contribution in [0.1, 0.15) is 40.5 Å². The third kappa shape index (κ3) is 15.1. The lowest BCUT2D eigenvalue weighted by Crippen LogP contribution is -2.38. The summed E-state index contributed by atoms with van der Waals surface area (Å²) in [6, 6.07) is 2.00. The molecule has 8 heteroatoms. The molecular weight excluding hydrogens is 383 g/mol. The summed E-state index contributed by atoms with van der Waals surface area (Å²) < 4.78 is 22.5. The van der Waals surface area contributed by atoms with Gasteiger partial charge in [0.15, 0.2) is 0 Å². The number of alkyl halides is 2. The summed E-state index contributed by atoms with van der Waals surface area (Å²) in [5.74, 6) is 1.39. The zero-order chi connectivity index (χ0) is 18.9. The van der Waals surface area contributed by atoms with Gasteiger partial charge in [0, 0.05) is 38.2 Å². The molecular formula is C16H38Cl2O4Si2. The lowest BCUT2D eigenvalue weighted by Gasteiger charge is -2.25. The number of hydrogen-bond donors (Lipinski definition) is 0. The van der Waals surface area contributed by atoms with Gasteiger partial charge in [-0.25, -0.2) is 0 Å². The minimum atomic E-state index is -1.85. The molecule has 0 spiro atoms. The molecule has 0 atom stereocenters. The molecule has 0 unspecified atom stereocenters. The normalized spacial score (nSPS) is 12.0. The lowest BCUT2D eigenvalue weighted by molar-refractivity contribution is 0.188. The van der Waals surface area contributed by atoms with Gasteiger partial charge < -0.3 is 17.7 Å². The van der Waals surface area contributed by atoms with Gasteiger partial charge in [-0.15, -0.1) is 23.2 Å². The highest BCUT2D eigenvalue weighted by Crippen LogP contribution is 2.16. The van der Waals surface area contributed by atoms with Crippen molar-refractivity contribution in [1.82, 2.24) is 0 Å². The third-order valence-corrected chi connectivity index (χ3v) is 9.98. The third-order valence-electron chi connectivity index (χ3n) is 3.33. The Hall–Kier alpha value is 0.854. The molecule has 148 valence electrons. The van der Waals surface area contributed by atoms with E-state index in [9.17, 15) is 0 Å². The van der Waals surface area contributed by atoms with Crippen LogP contribution >= 0.6 is 23.2 Å². The average molecular weight is 422 g/mol. The van der Waals surface area contributed by atoms with Crippen molar-refractivity contribution in [3.8, 4) is 0 Å². The molecule has 0 amide bonds. The summed E-state index contributed by atoms with van der Waals surface area (Å²) in [5, 5.41) is 0. The van der Waals surface area contributed by atoms with Gasteiger partial charge in [0.2, 0.25) is 0 Å². The van der Waals surface area contributed by atoms with Crippen LogP contribution in [-0.4, -0.2) is 55.3 Å². The van der Waals surface area contributed by atoms with Crippen molar-refractivity contribution >= 4 is 40.3 Å². The maximum Gasteiger partial charge on any atom is 0.334 e. The fourth-order valence-corrected chi connectivity index (χ4v) is 7.91. The van der Waals surface area contributed by atoms with Crippen LogP contribution < -0.4 is 0 Å². The predicted molar refractivity (Wildman–Crippen MR) is 110 cm³/mol. The van der Waals surface area contributed by atoms with E-state index in [2.05, 4.69) is 13.1 Å². The fourth-order valence-electron chi connectivity index (χ4n) is 2.37. The van der Waals surface area contributed by atoms with Crippen LogP contribution in [0.5, 0.6) is 0 Å². The maximum atomic E-state index is 5.63. The van der Waals surface area contributed by atoms with E-state index in [4.69, 9.17) is 40.9 Å². The second kappa shape index (κ2) is 17.3. The van der Waals surface area contributed by atoms with Crippen LogP contribution in [0, 0.1) is 0 Å². The van der Waals surface area contributed by atoms with Crippen LogP contribution in [-0.2, 0) is 17.7 Å². The molecule has 0 aliphatic carbocycles. The molecule has 0 saturated carbocycles. The highest BCUT2D eigenvalue weighted by molar-refractivity contribution is 6.66. The first kappa shape index (κ1) is 27.1. The average Bonchev–Trinajstić information content (AvgIpc) is 2.53. The number of hydrogen-bond acceptors (Lipinski definition) is 4. The van der Waals surface area contributed by atoms with Crippen LogP contribution in [0.15, 0.2) is 0 Å². The summed E-state index contributed by atoms with van der Waals surface area (Å²) >= 11 is 11.2. The highest BCUT2D eigenvalue weighted by Gasteiger charge is 2.30. The Morgan fingerprint density at radius 1 is 0.583 bits per heavy atom. The molecule has 0 N–H and O–H groups in total. The SMILES string of the molecule is CCO[Si](C)(CCCCl)OCC.CCO[Si](C)(CCCCl)OCC. The molecule has 0 heterocycles. The first-order valence-electron chi connectivity index (χ1n) is 9.04. The van der Waals surface area contributed by atoms with Gasteiger partial charge in [0.25, 0.3) is 0 Å². The van der Waals surface area contributed by atoms with Crippen molar-refractivity contribution in [3.05, 3.63) is 0 Å². The van der Waals surface area contributed by atoms with E-state index in [-0.39, 0.29) is 0 Å². The van der Waals surface area contributed by atoms with E-state index in [1.54, 1.807) is 0 Å². The Labute approximate surface area is 162 Å². The largest absolute Gasteiger partial charge is 0.395 e. The molecule has 0 aliphatic heterocycles. The minimum Gasteiger partial charge on any atom is -0.395 e. The van der Waals surface area contributed by atoms with Gasteiger partial charge in [-0.05, 0) is 65.7 Å². The van der Waals surface area contributed by atoms with E-state index >= 15 is 0 Å². The molecule has 0 aliphatic rings. The second-order valence-electron chi connectivity index (χ2n) is 5.58. The standard InChI is InChI=1S/2C8H19ClO2Si/c2*1-4-10-12(3,11-5-2)8-6-7-9/h2*4-8H2,1-3H3. The quantitative estimate of drug-likeness (QED) is 0.273. The Morgan fingerprint density at radius 3 is 1.00 bits per heavy atom. The van der Waals surface area contributed by atoms with Crippen molar-refractivity contribution in [1.29, 1.82) is 0 Å². The van der Waals surface area contributed by atoms with Crippen molar-refractivity contribution < 1.29 is 17.7 Å². The molecule has 0 saturated heterocycles. The highest BCUT2D eigenvalue weighted by atomic mass is 35.5. The van der Waals surface area contributed by atoms with E-state index in [1.807, 2.05) is 27.7 Å². The van der Waals surface area contributed by atoms with Crippen LogP contribution in [0.2, 0.25) is 25.2 Å². The van der Waals surface area contributed by atoms with Gasteiger partial charge >= 0.3 is 17.1 Å². The van der Waals surface area contributed by atoms with Crippen LogP contribution in [0.3, 0.4) is 0 Å². The monoisotopic (exact) mass is 420 g/mol. The van der Waals surface area contributed by atoms with Crippen LogP contribution in [0.25, 0.3) is 0 Å². The Balaban J connectivity index is 0. The maximum absolute atomic E-state index is 5.63. The van der Waals surface area contributed by atoms with Gasteiger partial charge in [0.1, 0.15) is 0 Å². The number of halogens is 2. The molecule has 4 nitrogen and oxygen atoms in total. The first-order chi connectivity index (χ1) is 11.4. The minimum absolute atomic E-state index is 0.697. The fraction of sp³-hybridized carbons (Fsp3) is 1.00. The van der Waals surface area contributed by atoms with E-state index < -0.39 is 17.1 Å². The molecule has 0 radical (unpaired) electrons. The zero-order valence-electron chi connectivity index (χ0n) is 16.5. The van der Waals surface area contributed by atoms with Crippen molar-refractivity contribution in [2.24, 2.45) is 0 Å². The Bertz CT molecular complexity index is 236. The summed E-state index contributed by atoms with van der Waals surface area (Å²) in [7, 11) is -3.71. The van der Waals surface area contributed by atoms with Crippen molar-refractivity contribution in [2.45, 2.75) is 65.7 Å². The van der Waals surface area contributed by atoms with E-state index in [1.165, 1.54) is 0 Å². The van der Waals surface area contributed by atoms with E-state index in [0.29, 0.717) is 11.8 Å². The first-order valence-corrected chi connectivity index (χ1v) is 15.2. The topological polar surface area (TPSA) is 36.9 Å². The molecule has 0 bridgehead atoms. The van der Waals surface area contributed by atoms with E-state index in [0.717, 1.165) is 51.4 Å². The van der Waals surface area contributed by atoms with Crippen molar-refractivity contribution in [3.63, 3.8) is 0 Å². The Morgan fingerprint density at radius 2 is 0.833 bits per heavy atom. The summed E-state index contributed by atoms with van der Waals surface area (Å²) in [5.41, 5.74) is 0. The second-order valence-corrected chi connectivity index (χ2v) is 13.0. The molecule has 0 rings (SSSR count). The summed E-state index contributed by atoms with van der Waals surface area (Å²) in [6.45, 7) is 15.2. The predicted octanol–water partition coefficient (Wildman–Crippen LogP) is 5.52. The molecule has 0 aromatic rings. The van der Waals surface area contributed by atoms with Crippen LogP contribution in [0.4, 0.5) is 0 Å². The van der Waals surface area contributed by atoms with Gasteiger partial charge in [0.05, 0.1) is 0 Å². The lowest BCUT2D eigenvalue weighted by atomic mass is 10.6. The molecule has 0 aromatic carbocycles. The smallest absolute Gasteiger partial charge is 0.334 e.